The third-order valence-electron chi connectivity index (χ3n) is 3.36. The minimum atomic E-state index is -0.850. The highest BCUT2D eigenvalue weighted by molar-refractivity contribution is 7.09. The Morgan fingerprint density at radius 1 is 1.19 bits per heavy atom. The van der Waals surface area contributed by atoms with Crippen molar-refractivity contribution in [3.05, 3.63) is 52.0 Å². The van der Waals surface area contributed by atoms with Crippen LogP contribution in [0.2, 0.25) is 0 Å². The summed E-state index contributed by atoms with van der Waals surface area (Å²) in [5, 5.41) is 2.00. The largest absolute Gasteiger partial charge is 0.325 e. The average molecular weight is 327 g/mol. The van der Waals surface area contributed by atoms with E-state index in [9.17, 15) is 8.78 Å². The van der Waals surface area contributed by atoms with Gasteiger partial charge < -0.3 is 4.57 Å². The molecule has 0 bridgehead atoms. The van der Waals surface area contributed by atoms with Gasteiger partial charge in [-0.15, -0.1) is 22.9 Å². The number of aromatic nitrogens is 2. The Bertz CT molecular complexity index is 753. The zero-order chi connectivity index (χ0) is 14.8. The summed E-state index contributed by atoms with van der Waals surface area (Å²) < 4.78 is 29.4. The Labute approximate surface area is 130 Å². The van der Waals surface area contributed by atoms with Gasteiger partial charge in [0.2, 0.25) is 0 Å². The van der Waals surface area contributed by atoms with Crippen molar-refractivity contribution in [2.75, 3.05) is 5.88 Å². The number of halogens is 3. The third-order valence-corrected chi connectivity index (χ3v) is 4.48. The van der Waals surface area contributed by atoms with Gasteiger partial charge in [-0.3, -0.25) is 0 Å². The van der Waals surface area contributed by atoms with E-state index in [2.05, 4.69) is 4.98 Å². The van der Waals surface area contributed by atoms with Gasteiger partial charge in [-0.25, -0.2) is 13.8 Å². The predicted molar refractivity (Wildman–Crippen MR) is 82.1 cm³/mol. The fourth-order valence-corrected chi connectivity index (χ4v) is 3.27. The molecule has 6 heteroatoms. The standard InChI is InChI=1S/C15H13ClF2N2S/c16-7-5-13-19-12-4-3-11(17)14(18)15(12)20(13)8-6-10-2-1-9-21-10/h1-4,9H,5-8H2. The van der Waals surface area contributed by atoms with Crippen molar-refractivity contribution in [2.24, 2.45) is 0 Å². The van der Waals surface area contributed by atoms with Gasteiger partial charge in [0.15, 0.2) is 11.6 Å². The van der Waals surface area contributed by atoms with Crippen LogP contribution < -0.4 is 0 Å². The summed E-state index contributed by atoms with van der Waals surface area (Å²) in [4.78, 5) is 5.58. The molecule has 0 unspecified atom stereocenters. The fourth-order valence-electron chi connectivity index (χ4n) is 2.40. The maximum atomic E-state index is 14.1. The maximum Gasteiger partial charge on any atom is 0.184 e. The van der Waals surface area contributed by atoms with E-state index < -0.39 is 11.6 Å². The third kappa shape index (κ3) is 2.80. The molecule has 0 radical (unpaired) electrons. The van der Waals surface area contributed by atoms with Crippen LogP contribution in [0, 0.1) is 11.6 Å². The molecule has 0 atom stereocenters. The maximum absolute atomic E-state index is 14.1. The van der Waals surface area contributed by atoms with Crippen LogP contribution in [-0.2, 0) is 19.4 Å². The van der Waals surface area contributed by atoms with Crippen LogP contribution in [-0.4, -0.2) is 15.4 Å². The van der Waals surface area contributed by atoms with Crippen LogP contribution in [0.3, 0.4) is 0 Å². The molecule has 0 spiro atoms. The zero-order valence-corrected chi connectivity index (χ0v) is 12.7. The van der Waals surface area contributed by atoms with Gasteiger partial charge in [-0.05, 0) is 30.0 Å². The average Bonchev–Trinajstić information content (AvgIpc) is 3.09. The highest BCUT2D eigenvalue weighted by atomic mass is 35.5. The Hall–Kier alpha value is -1.46. The smallest absolute Gasteiger partial charge is 0.184 e. The van der Waals surface area contributed by atoms with Gasteiger partial charge in [0.1, 0.15) is 11.3 Å². The molecule has 0 saturated carbocycles. The van der Waals surface area contributed by atoms with Crippen molar-refractivity contribution >= 4 is 34.0 Å². The van der Waals surface area contributed by atoms with Crippen molar-refractivity contribution in [3.8, 4) is 0 Å². The summed E-state index contributed by atoms with van der Waals surface area (Å²) in [7, 11) is 0. The molecule has 2 heterocycles. The molecule has 0 aliphatic heterocycles. The lowest BCUT2D eigenvalue weighted by atomic mass is 10.2. The van der Waals surface area contributed by atoms with E-state index in [1.807, 2.05) is 17.5 Å². The monoisotopic (exact) mass is 326 g/mol. The van der Waals surface area contributed by atoms with Crippen molar-refractivity contribution in [1.82, 2.24) is 9.55 Å². The van der Waals surface area contributed by atoms with Crippen molar-refractivity contribution in [3.63, 3.8) is 0 Å². The van der Waals surface area contributed by atoms with Crippen molar-refractivity contribution in [2.45, 2.75) is 19.4 Å². The van der Waals surface area contributed by atoms with Crippen LogP contribution in [0.25, 0.3) is 11.0 Å². The number of imidazole rings is 1. The van der Waals surface area contributed by atoms with Crippen LogP contribution in [0.5, 0.6) is 0 Å². The normalized spacial score (nSPS) is 11.4. The molecule has 3 rings (SSSR count). The van der Waals surface area contributed by atoms with Crippen molar-refractivity contribution < 1.29 is 8.78 Å². The SMILES string of the molecule is Fc1ccc2nc(CCCl)n(CCc3cccs3)c2c1F. The number of alkyl halides is 1. The van der Waals surface area contributed by atoms with Gasteiger partial charge in [0.25, 0.3) is 0 Å². The van der Waals surface area contributed by atoms with E-state index >= 15 is 0 Å². The minimum Gasteiger partial charge on any atom is -0.325 e. The quantitative estimate of drug-likeness (QED) is 0.635. The number of thiophene rings is 1. The summed E-state index contributed by atoms with van der Waals surface area (Å²) in [6.45, 7) is 0.559. The molecular weight excluding hydrogens is 314 g/mol. The summed E-state index contributed by atoms with van der Waals surface area (Å²) in [5.41, 5.74) is 0.701. The zero-order valence-electron chi connectivity index (χ0n) is 11.2. The van der Waals surface area contributed by atoms with Crippen LogP contribution in [0.4, 0.5) is 8.78 Å². The molecule has 0 amide bonds. The van der Waals surface area contributed by atoms with Gasteiger partial charge in [0, 0.05) is 23.7 Å². The van der Waals surface area contributed by atoms with E-state index in [1.165, 1.54) is 10.9 Å². The number of rotatable bonds is 5. The number of aryl methyl sites for hydroxylation is 3. The second kappa shape index (κ2) is 6.12. The van der Waals surface area contributed by atoms with Gasteiger partial charge in [-0.2, -0.15) is 0 Å². The Balaban J connectivity index is 2.04. The summed E-state index contributed by atoms with van der Waals surface area (Å²) in [6, 6.07) is 6.62. The molecule has 0 fully saturated rings. The summed E-state index contributed by atoms with van der Waals surface area (Å²) >= 11 is 7.44. The Morgan fingerprint density at radius 3 is 2.76 bits per heavy atom. The molecule has 0 aliphatic rings. The molecular formula is C15H13ClF2N2S. The summed E-state index contributed by atoms with van der Waals surface area (Å²) in [6.07, 6.45) is 1.29. The Kier molecular flexibility index (Phi) is 4.22. The first kappa shape index (κ1) is 14.5. The first-order valence-electron chi connectivity index (χ1n) is 6.62. The van der Waals surface area contributed by atoms with E-state index in [0.29, 0.717) is 30.2 Å². The molecule has 1 aromatic carbocycles. The first-order valence-corrected chi connectivity index (χ1v) is 8.03. The van der Waals surface area contributed by atoms with E-state index in [0.717, 1.165) is 12.5 Å². The number of nitrogens with zero attached hydrogens (tertiary/aromatic N) is 2. The van der Waals surface area contributed by atoms with E-state index in [-0.39, 0.29) is 5.52 Å². The van der Waals surface area contributed by atoms with Crippen LogP contribution >= 0.6 is 22.9 Å². The van der Waals surface area contributed by atoms with Gasteiger partial charge in [-0.1, -0.05) is 6.07 Å². The molecule has 3 aromatic rings. The first-order chi connectivity index (χ1) is 10.2. The van der Waals surface area contributed by atoms with Crippen molar-refractivity contribution in [1.29, 1.82) is 0 Å². The highest BCUT2D eigenvalue weighted by Crippen LogP contribution is 2.23. The predicted octanol–water partition coefficient (Wildman–Crippen LogP) is 4.40. The molecule has 2 nitrogen and oxygen atoms in total. The number of fused-ring (bicyclic) bond motifs is 1. The van der Waals surface area contributed by atoms with Gasteiger partial charge in [0.05, 0.1) is 5.52 Å². The minimum absolute atomic E-state index is 0.228. The molecule has 21 heavy (non-hydrogen) atoms. The number of hydrogen-bond acceptors (Lipinski definition) is 2. The molecule has 0 saturated heterocycles. The second-order valence-corrected chi connectivity index (χ2v) is 6.09. The lowest BCUT2D eigenvalue weighted by Crippen LogP contribution is -2.07. The van der Waals surface area contributed by atoms with Crippen LogP contribution in [0.1, 0.15) is 10.7 Å². The van der Waals surface area contributed by atoms with Gasteiger partial charge >= 0.3 is 0 Å². The molecule has 0 aliphatic carbocycles. The number of benzene rings is 1. The Morgan fingerprint density at radius 2 is 2.05 bits per heavy atom. The highest BCUT2D eigenvalue weighted by Gasteiger charge is 2.17. The topological polar surface area (TPSA) is 17.8 Å². The molecule has 110 valence electrons. The number of hydrogen-bond donors (Lipinski definition) is 0. The fraction of sp³-hybridized carbons (Fsp3) is 0.267. The second-order valence-electron chi connectivity index (χ2n) is 4.68. The summed E-state index contributed by atoms with van der Waals surface area (Å²) in [5.74, 6) is -0.600. The van der Waals surface area contributed by atoms with Crippen LogP contribution in [0.15, 0.2) is 29.6 Å². The van der Waals surface area contributed by atoms with E-state index in [1.54, 1.807) is 15.9 Å². The lowest BCUT2D eigenvalue weighted by molar-refractivity contribution is 0.510. The molecule has 2 aromatic heterocycles. The lowest BCUT2D eigenvalue weighted by Gasteiger charge is -2.08. The van der Waals surface area contributed by atoms with E-state index in [4.69, 9.17) is 11.6 Å². The molecule has 0 N–H and O–H groups in total.